The number of likely N-dealkylation sites (tertiary alicyclic amines) is 1. The number of hydrogen-bond acceptors (Lipinski definition) is 5. The van der Waals surface area contributed by atoms with Gasteiger partial charge < -0.3 is 16.0 Å². The van der Waals surface area contributed by atoms with Gasteiger partial charge in [0.2, 0.25) is 11.8 Å². The van der Waals surface area contributed by atoms with Crippen molar-refractivity contribution >= 4 is 11.8 Å². The Labute approximate surface area is 181 Å². The number of rotatable bonds is 7. The molecule has 8 nitrogen and oxygen atoms in total. The molecule has 1 unspecified atom stereocenters. The third kappa shape index (κ3) is 4.76. The van der Waals surface area contributed by atoms with E-state index in [0.717, 1.165) is 29.7 Å². The first-order valence-electron chi connectivity index (χ1n) is 10.7. The number of halogens is 1. The summed E-state index contributed by atoms with van der Waals surface area (Å²) >= 11 is 0. The quantitative estimate of drug-likeness (QED) is 0.698. The molecule has 2 aliphatic rings. The van der Waals surface area contributed by atoms with Crippen molar-refractivity contribution < 1.29 is 14.0 Å². The SMILES string of the molecule is Cc1ccc(-n2cncn2)c(CNC(=O)C2C[C@H](F)CN2C(=O)[C@H](N)CC2(C)CC2)c1. The minimum atomic E-state index is -1.23. The highest BCUT2D eigenvalue weighted by Gasteiger charge is 2.44. The highest BCUT2D eigenvalue weighted by atomic mass is 19.1. The summed E-state index contributed by atoms with van der Waals surface area (Å²) in [6.45, 7) is 4.20. The Balaban J connectivity index is 1.44. The van der Waals surface area contributed by atoms with E-state index in [9.17, 15) is 14.0 Å². The summed E-state index contributed by atoms with van der Waals surface area (Å²) in [7, 11) is 0. The van der Waals surface area contributed by atoms with Crippen LogP contribution in [0.2, 0.25) is 0 Å². The van der Waals surface area contributed by atoms with Crippen LogP contribution < -0.4 is 11.1 Å². The molecule has 3 atom stereocenters. The van der Waals surface area contributed by atoms with Crippen LogP contribution in [0.4, 0.5) is 4.39 Å². The van der Waals surface area contributed by atoms with E-state index in [2.05, 4.69) is 22.3 Å². The second-order valence-corrected chi connectivity index (χ2v) is 9.15. The van der Waals surface area contributed by atoms with Gasteiger partial charge in [-0.3, -0.25) is 9.59 Å². The molecule has 31 heavy (non-hydrogen) atoms. The van der Waals surface area contributed by atoms with Crippen molar-refractivity contribution in [1.29, 1.82) is 0 Å². The molecule has 3 N–H and O–H groups in total. The minimum Gasteiger partial charge on any atom is -0.350 e. The molecule has 4 rings (SSSR count). The van der Waals surface area contributed by atoms with Crippen LogP contribution in [0.3, 0.4) is 0 Å². The van der Waals surface area contributed by atoms with Gasteiger partial charge in [-0.2, -0.15) is 5.10 Å². The number of nitrogens with two attached hydrogens (primary N) is 1. The van der Waals surface area contributed by atoms with E-state index < -0.39 is 18.3 Å². The number of alkyl halides is 1. The van der Waals surface area contributed by atoms with Gasteiger partial charge in [0.25, 0.3) is 0 Å². The maximum Gasteiger partial charge on any atom is 0.243 e. The van der Waals surface area contributed by atoms with Gasteiger partial charge >= 0.3 is 0 Å². The van der Waals surface area contributed by atoms with Crippen LogP contribution in [0.1, 0.15) is 43.7 Å². The standard InChI is InChI=1S/C22H29FN6O2/c1-14-3-4-18(29-13-25-12-27-29)15(7-14)10-26-20(30)19-8-16(23)11-28(19)21(31)17(24)9-22(2)5-6-22/h3-4,7,12-13,16-17,19H,5-6,8-11,24H2,1-2H3,(H,26,30)/t16-,17+,19?/m0/s1. The smallest absolute Gasteiger partial charge is 0.243 e. The highest BCUT2D eigenvalue weighted by molar-refractivity contribution is 5.90. The van der Waals surface area contributed by atoms with Gasteiger partial charge in [0, 0.05) is 13.0 Å². The monoisotopic (exact) mass is 428 g/mol. The van der Waals surface area contributed by atoms with Crippen LogP contribution in [0.5, 0.6) is 0 Å². The number of hydrogen-bond donors (Lipinski definition) is 2. The summed E-state index contributed by atoms with van der Waals surface area (Å²) in [6.07, 6.45) is 4.46. The Bertz CT molecular complexity index is 959. The fourth-order valence-corrected chi connectivity index (χ4v) is 4.24. The molecule has 1 aliphatic carbocycles. The normalized spacial score (nSPS) is 22.9. The molecule has 0 radical (unpaired) electrons. The van der Waals surface area contributed by atoms with Crippen LogP contribution in [0, 0.1) is 12.3 Å². The van der Waals surface area contributed by atoms with Gasteiger partial charge in [-0.25, -0.2) is 14.1 Å². The van der Waals surface area contributed by atoms with Crippen LogP contribution >= 0.6 is 0 Å². The van der Waals surface area contributed by atoms with E-state index in [1.54, 1.807) is 11.0 Å². The summed E-state index contributed by atoms with van der Waals surface area (Å²) in [4.78, 5) is 31.1. The second kappa shape index (κ2) is 8.37. The van der Waals surface area contributed by atoms with Crippen LogP contribution in [0.15, 0.2) is 30.9 Å². The van der Waals surface area contributed by atoms with Crippen molar-refractivity contribution in [3.05, 3.63) is 42.0 Å². The summed E-state index contributed by atoms with van der Waals surface area (Å²) < 4.78 is 15.8. The van der Waals surface area contributed by atoms with E-state index in [0.29, 0.717) is 6.42 Å². The van der Waals surface area contributed by atoms with Crippen molar-refractivity contribution in [3.63, 3.8) is 0 Å². The first-order valence-corrected chi connectivity index (χ1v) is 10.7. The Morgan fingerprint density at radius 1 is 1.39 bits per heavy atom. The molecule has 2 amide bonds. The Morgan fingerprint density at radius 2 is 2.16 bits per heavy atom. The number of aryl methyl sites for hydroxylation is 1. The van der Waals surface area contributed by atoms with Crippen LogP contribution in [-0.4, -0.2) is 56.3 Å². The highest BCUT2D eigenvalue weighted by Crippen LogP contribution is 2.48. The number of benzene rings is 1. The summed E-state index contributed by atoms with van der Waals surface area (Å²) in [6, 6.07) is 4.27. The second-order valence-electron chi connectivity index (χ2n) is 9.15. The lowest BCUT2D eigenvalue weighted by Gasteiger charge is -2.27. The molecule has 1 aromatic heterocycles. The molecule has 1 aromatic carbocycles. The van der Waals surface area contributed by atoms with E-state index in [-0.39, 0.29) is 36.7 Å². The first-order chi connectivity index (χ1) is 14.8. The van der Waals surface area contributed by atoms with Gasteiger partial charge in [-0.1, -0.05) is 24.6 Å². The molecule has 2 heterocycles. The third-order valence-corrected chi connectivity index (χ3v) is 6.32. The lowest BCUT2D eigenvalue weighted by Crippen LogP contribution is -2.51. The molecule has 1 aliphatic heterocycles. The van der Waals surface area contributed by atoms with Gasteiger partial charge in [-0.05, 0) is 43.2 Å². The number of carbonyl (C=O) groups is 2. The number of nitrogens with one attached hydrogen (secondary N) is 1. The first kappa shape index (κ1) is 21.4. The Hall–Kier alpha value is -2.81. The summed E-state index contributed by atoms with van der Waals surface area (Å²) in [5.74, 6) is -0.711. The van der Waals surface area contributed by atoms with Crippen molar-refractivity contribution in [2.24, 2.45) is 11.1 Å². The maximum atomic E-state index is 14.2. The number of amides is 2. The van der Waals surface area contributed by atoms with E-state index in [1.165, 1.54) is 11.2 Å². The Morgan fingerprint density at radius 3 is 2.84 bits per heavy atom. The average Bonchev–Trinajstić information content (AvgIpc) is 3.12. The fraction of sp³-hybridized carbons (Fsp3) is 0.545. The zero-order chi connectivity index (χ0) is 22.2. The van der Waals surface area contributed by atoms with Gasteiger partial charge in [0.1, 0.15) is 24.9 Å². The molecule has 0 bridgehead atoms. The van der Waals surface area contributed by atoms with Gasteiger partial charge in [0.05, 0.1) is 18.3 Å². The number of nitrogens with zero attached hydrogens (tertiary/aromatic N) is 4. The maximum absolute atomic E-state index is 14.2. The summed E-state index contributed by atoms with van der Waals surface area (Å²) in [5, 5.41) is 7.03. The van der Waals surface area contributed by atoms with Crippen molar-refractivity contribution in [2.45, 2.75) is 64.3 Å². The molecule has 2 fully saturated rings. The molecule has 1 saturated heterocycles. The fourth-order valence-electron chi connectivity index (χ4n) is 4.24. The minimum absolute atomic E-state index is 0.00862. The van der Waals surface area contributed by atoms with E-state index >= 15 is 0 Å². The number of carbonyl (C=O) groups excluding carboxylic acids is 2. The lowest BCUT2D eigenvalue weighted by molar-refractivity contribution is -0.139. The van der Waals surface area contributed by atoms with E-state index in [1.807, 2.05) is 25.1 Å². The molecule has 1 saturated carbocycles. The largest absolute Gasteiger partial charge is 0.350 e. The van der Waals surface area contributed by atoms with Gasteiger partial charge in [0.15, 0.2) is 0 Å². The predicted molar refractivity (Wildman–Crippen MR) is 113 cm³/mol. The van der Waals surface area contributed by atoms with Crippen LogP contribution in [-0.2, 0) is 16.1 Å². The number of aromatic nitrogens is 3. The molecular formula is C22H29FN6O2. The molecule has 9 heteroatoms. The predicted octanol–water partition coefficient (Wildman–Crippen LogP) is 1.65. The zero-order valence-corrected chi connectivity index (χ0v) is 17.9. The topological polar surface area (TPSA) is 106 Å². The molecule has 2 aromatic rings. The van der Waals surface area contributed by atoms with Crippen molar-refractivity contribution in [3.8, 4) is 5.69 Å². The molecule has 0 spiro atoms. The summed E-state index contributed by atoms with van der Waals surface area (Å²) in [5.41, 5.74) is 8.91. The average molecular weight is 429 g/mol. The van der Waals surface area contributed by atoms with Crippen molar-refractivity contribution in [2.75, 3.05) is 6.54 Å². The molecular weight excluding hydrogens is 399 g/mol. The molecule has 166 valence electrons. The van der Waals surface area contributed by atoms with Crippen LogP contribution in [0.25, 0.3) is 5.69 Å². The van der Waals surface area contributed by atoms with E-state index in [4.69, 9.17) is 5.73 Å². The Kier molecular flexibility index (Phi) is 5.79. The van der Waals surface area contributed by atoms with Gasteiger partial charge in [-0.15, -0.1) is 0 Å². The lowest BCUT2D eigenvalue weighted by atomic mass is 9.98. The third-order valence-electron chi connectivity index (χ3n) is 6.32. The van der Waals surface area contributed by atoms with Crippen molar-refractivity contribution in [1.82, 2.24) is 25.0 Å². The zero-order valence-electron chi connectivity index (χ0n) is 17.9.